The lowest BCUT2D eigenvalue weighted by Crippen LogP contribution is -2.52. The van der Waals surface area contributed by atoms with Gasteiger partial charge in [-0.3, -0.25) is 9.48 Å². The highest BCUT2D eigenvalue weighted by molar-refractivity contribution is 5.85. The minimum atomic E-state index is -0.578. The molecule has 27 heavy (non-hydrogen) atoms. The Morgan fingerprint density at radius 3 is 2.59 bits per heavy atom. The molecule has 0 radical (unpaired) electrons. The van der Waals surface area contributed by atoms with Crippen LogP contribution in [-0.4, -0.2) is 44.9 Å². The largest absolute Gasteiger partial charge is 0.390 e. The van der Waals surface area contributed by atoms with Crippen LogP contribution in [0, 0.1) is 5.41 Å². The average molecular weight is 366 g/mol. The zero-order valence-corrected chi connectivity index (χ0v) is 15.4. The Balaban J connectivity index is 1.33. The maximum atomic E-state index is 13.2. The van der Waals surface area contributed by atoms with Crippen LogP contribution >= 0.6 is 0 Å². The first-order valence-electron chi connectivity index (χ1n) is 9.86. The molecule has 0 unspecified atom stereocenters. The van der Waals surface area contributed by atoms with Gasteiger partial charge in [0.2, 0.25) is 5.91 Å². The number of rotatable bonds is 3. The first-order valence-corrected chi connectivity index (χ1v) is 9.86. The SMILES string of the molecule is N[C@@H]1c2ccccc2C2(CCN(C(=O)C3(Cn4cccn4)CC3)CC2)[C@H]1O. The molecule has 2 atom stereocenters. The van der Waals surface area contributed by atoms with Crippen LogP contribution in [0.25, 0.3) is 0 Å². The van der Waals surface area contributed by atoms with E-state index in [1.54, 1.807) is 6.20 Å². The van der Waals surface area contributed by atoms with Crippen molar-refractivity contribution in [3.63, 3.8) is 0 Å². The number of aliphatic hydroxyl groups excluding tert-OH is 1. The number of benzene rings is 1. The highest BCUT2D eigenvalue weighted by Gasteiger charge is 2.55. The highest BCUT2D eigenvalue weighted by Crippen LogP contribution is 2.52. The van der Waals surface area contributed by atoms with Crippen LogP contribution in [0.2, 0.25) is 0 Å². The van der Waals surface area contributed by atoms with Gasteiger partial charge in [-0.1, -0.05) is 24.3 Å². The van der Waals surface area contributed by atoms with E-state index in [-0.39, 0.29) is 22.8 Å². The molecule has 142 valence electrons. The summed E-state index contributed by atoms with van der Waals surface area (Å²) >= 11 is 0. The Morgan fingerprint density at radius 1 is 1.19 bits per heavy atom. The van der Waals surface area contributed by atoms with Gasteiger partial charge < -0.3 is 15.7 Å². The number of nitrogens with two attached hydrogens (primary N) is 1. The lowest BCUT2D eigenvalue weighted by molar-refractivity contribution is -0.140. The van der Waals surface area contributed by atoms with Crippen molar-refractivity contribution in [2.75, 3.05) is 13.1 Å². The van der Waals surface area contributed by atoms with Gasteiger partial charge in [-0.2, -0.15) is 5.10 Å². The molecule has 1 aromatic heterocycles. The molecule has 2 fully saturated rings. The second-order valence-corrected chi connectivity index (χ2v) is 8.49. The highest BCUT2D eigenvalue weighted by atomic mass is 16.3. The van der Waals surface area contributed by atoms with Gasteiger partial charge in [-0.15, -0.1) is 0 Å². The van der Waals surface area contributed by atoms with Crippen molar-refractivity contribution in [2.24, 2.45) is 11.1 Å². The molecular weight excluding hydrogens is 340 g/mol. The first-order chi connectivity index (χ1) is 13.1. The minimum absolute atomic E-state index is 0.248. The van der Waals surface area contributed by atoms with Crippen molar-refractivity contribution in [3.8, 4) is 0 Å². The Labute approximate surface area is 159 Å². The summed E-state index contributed by atoms with van der Waals surface area (Å²) < 4.78 is 1.87. The predicted molar refractivity (Wildman–Crippen MR) is 101 cm³/mol. The Morgan fingerprint density at radius 2 is 1.93 bits per heavy atom. The minimum Gasteiger partial charge on any atom is -0.390 e. The van der Waals surface area contributed by atoms with Gasteiger partial charge in [-0.25, -0.2) is 0 Å². The topological polar surface area (TPSA) is 84.4 Å². The Bertz CT molecular complexity index is 851. The third-order valence-corrected chi connectivity index (χ3v) is 7.04. The second-order valence-electron chi connectivity index (χ2n) is 8.49. The number of amides is 1. The van der Waals surface area contributed by atoms with E-state index in [0.29, 0.717) is 19.6 Å². The van der Waals surface area contributed by atoms with Crippen LogP contribution in [0.5, 0.6) is 0 Å². The number of hydrogen-bond acceptors (Lipinski definition) is 4. The standard InChI is InChI=1S/C21H26N4O2/c22-17-15-4-1-2-5-16(15)21(18(17)26)8-12-24(13-9-21)19(27)20(6-7-20)14-25-11-3-10-23-25/h1-5,10-11,17-18,26H,6-9,12-14,22H2/t17-,18+/m1/s1. The number of hydrogen-bond donors (Lipinski definition) is 2. The van der Waals surface area contributed by atoms with Crippen LogP contribution in [-0.2, 0) is 16.8 Å². The van der Waals surface area contributed by atoms with Crippen LogP contribution < -0.4 is 5.73 Å². The number of nitrogens with zero attached hydrogens (tertiary/aromatic N) is 3. The first kappa shape index (κ1) is 17.0. The molecule has 3 N–H and O–H groups in total. The van der Waals surface area contributed by atoms with E-state index in [0.717, 1.165) is 31.2 Å². The van der Waals surface area contributed by atoms with Crippen LogP contribution in [0.4, 0.5) is 0 Å². The molecule has 1 aromatic carbocycles. The Kier molecular flexibility index (Phi) is 3.71. The molecule has 5 rings (SSSR count). The van der Waals surface area contributed by atoms with Crippen molar-refractivity contribution in [1.82, 2.24) is 14.7 Å². The van der Waals surface area contributed by atoms with Crippen molar-refractivity contribution >= 4 is 5.91 Å². The van der Waals surface area contributed by atoms with Crippen molar-refractivity contribution < 1.29 is 9.90 Å². The molecule has 1 saturated heterocycles. The maximum Gasteiger partial charge on any atom is 0.230 e. The Hall–Kier alpha value is -2.18. The normalized spacial score (nSPS) is 27.6. The van der Waals surface area contributed by atoms with Gasteiger partial charge in [-0.05, 0) is 42.9 Å². The number of aliphatic hydroxyl groups is 1. The fourth-order valence-electron chi connectivity index (χ4n) is 5.22. The van der Waals surface area contributed by atoms with E-state index in [1.165, 1.54) is 5.56 Å². The van der Waals surface area contributed by atoms with E-state index in [1.807, 2.05) is 40.0 Å². The molecule has 6 heteroatoms. The van der Waals surface area contributed by atoms with Crippen molar-refractivity contribution in [1.29, 1.82) is 0 Å². The number of carbonyl (C=O) groups excluding carboxylic acids is 1. The number of likely N-dealkylation sites (tertiary alicyclic amines) is 1. The van der Waals surface area contributed by atoms with Crippen molar-refractivity contribution in [2.45, 2.75) is 49.8 Å². The van der Waals surface area contributed by atoms with Crippen LogP contribution in [0.15, 0.2) is 42.7 Å². The summed E-state index contributed by atoms with van der Waals surface area (Å²) in [6.45, 7) is 2.02. The summed E-state index contributed by atoms with van der Waals surface area (Å²) in [7, 11) is 0. The molecule has 2 aromatic rings. The number of fused-ring (bicyclic) bond motifs is 2. The zero-order valence-electron chi connectivity index (χ0n) is 15.4. The van der Waals surface area contributed by atoms with Crippen LogP contribution in [0.3, 0.4) is 0 Å². The lowest BCUT2D eigenvalue weighted by Gasteiger charge is -2.43. The van der Waals surface area contributed by atoms with E-state index < -0.39 is 6.10 Å². The molecule has 3 aliphatic rings. The molecule has 2 heterocycles. The molecule has 6 nitrogen and oxygen atoms in total. The summed E-state index contributed by atoms with van der Waals surface area (Å²) in [4.78, 5) is 15.2. The van der Waals surface area contributed by atoms with Gasteiger partial charge in [0, 0.05) is 30.9 Å². The van der Waals surface area contributed by atoms with E-state index in [4.69, 9.17) is 5.73 Å². The molecule has 1 spiro atoms. The molecular formula is C21H26N4O2. The smallest absolute Gasteiger partial charge is 0.230 e. The van der Waals surface area contributed by atoms with Gasteiger partial charge in [0.15, 0.2) is 0 Å². The van der Waals surface area contributed by atoms with Crippen molar-refractivity contribution in [3.05, 3.63) is 53.9 Å². The van der Waals surface area contributed by atoms with Gasteiger partial charge in [0.1, 0.15) is 0 Å². The lowest BCUT2D eigenvalue weighted by atomic mass is 9.72. The third kappa shape index (κ3) is 2.47. The average Bonchev–Trinajstić information content (AvgIpc) is 3.25. The quantitative estimate of drug-likeness (QED) is 0.864. The maximum absolute atomic E-state index is 13.2. The fraction of sp³-hybridized carbons (Fsp3) is 0.524. The molecule has 1 saturated carbocycles. The monoisotopic (exact) mass is 366 g/mol. The van der Waals surface area contributed by atoms with Gasteiger partial charge in [0.25, 0.3) is 0 Å². The number of aromatic nitrogens is 2. The van der Waals surface area contributed by atoms with E-state index in [9.17, 15) is 9.90 Å². The van der Waals surface area contributed by atoms with E-state index >= 15 is 0 Å². The molecule has 0 bridgehead atoms. The van der Waals surface area contributed by atoms with E-state index in [2.05, 4.69) is 11.2 Å². The van der Waals surface area contributed by atoms with Crippen LogP contribution in [0.1, 0.15) is 42.9 Å². The molecule has 2 aliphatic carbocycles. The summed E-state index contributed by atoms with van der Waals surface area (Å²) in [5.41, 5.74) is 7.95. The molecule has 1 aliphatic heterocycles. The summed E-state index contributed by atoms with van der Waals surface area (Å²) in [5.74, 6) is 0.248. The summed E-state index contributed by atoms with van der Waals surface area (Å²) in [5, 5.41) is 15.2. The predicted octanol–water partition coefficient (Wildman–Crippen LogP) is 1.60. The second kappa shape index (κ2) is 5.91. The number of carbonyl (C=O) groups is 1. The third-order valence-electron chi connectivity index (χ3n) is 7.04. The van der Waals surface area contributed by atoms with Gasteiger partial charge in [0.05, 0.1) is 24.1 Å². The zero-order chi connectivity index (χ0) is 18.6. The molecule has 1 amide bonds. The summed E-state index contributed by atoms with van der Waals surface area (Å²) in [6, 6.07) is 9.69. The summed E-state index contributed by atoms with van der Waals surface area (Å²) in [6.07, 6.45) is 6.50. The fourth-order valence-corrected chi connectivity index (χ4v) is 5.22. The number of piperidine rings is 1. The van der Waals surface area contributed by atoms with Gasteiger partial charge >= 0.3 is 0 Å².